The maximum atomic E-state index is 11.8. The van der Waals surface area contributed by atoms with Gasteiger partial charge >= 0.3 is 0 Å². The van der Waals surface area contributed by atoms with Crippen LogP contribution >= 0.6 is 33.9 Å². The fraction of sp³-hybridized carbons (Fsp3) is 0.312. The number of hydrogen-bond acceptors (Lipinski definition) is 3. The largest absolute Gasteiger partial charge is 0.315 e. The Morgan fingerprint density at radius 3 is 2.86 bits per heavy atom. The number of nitrogens with one attached hydrogen (secondary N) is 1. The molecule has 3 rings (SSSR count). The Hall–Kier alpha value is -0.920. The molecule has 0 saturated carbocycles. The molecule has 1 aliphatic rings. The van der Waals surface area contributed by atoms with E-state index < -0.39 is 0 Å². The predicted octanol–water partition coefficient (Wildman–Crippen LogP) is 3.57. The van der Waals surface area contributed by atoms with Crippen LogP contribution < -0.4 is 10.2 Å². The second kappa shape index (κ2) is 6.06. The third-order valence-electron chi connectivity index (χ3n) is 3.84. The van der Waals surface area contributed by atoms with Gasteiger partial charge in [-0.1, -0.05) is 19.1 Å². The van der Waals surface area contributed by atoms with Gasteiger partial charge in [-0.05, 0) is 63.3 Å². The molecule has 0 aliphatic carbocycles. The Morgan fingerprint density at radius 1 is 1.38 bits per heavy atom. The summed E-state index contributed by atoms with van der Waals surface area (Å²) < 4.78 is 1.29. The Morgan fingerprint density at radius 2 is 2.19 bits per heavy atom. The summed E-state index contributed by atoms with van der Waals surface area (Å²) in [7, 11) is 1.84. The number of nitrogens with zero attached hydrogens (tertiary/aromatic N) is 1. The van der Waals surface area contributed by atoms with E-state index in [4.69, 9.17) is 0 Å². The van der Waals surface area contributed by atoms with Gasteiger partial charge in [0.15, 0.2) is 0 Å². The summed E-state index contributed by atoms with van der Waals surface area (Å²) >= 11 is 4.12. The molecule has 1 aliphatic heterocycles. The SMILES string of the molecule is CCNC(c1csc(I)c1)c1ccc2c(c1)CC(=O)N2C. The van der Waals surface area contributed by atoms with Crippen molar-refractivity contribution in [3.8, 4) is 0 Å². The zero-order chi connectivity index (χ0) is 15.0. The maximum Gasteiger partial charge on any atom is 0.231 e. The van der Waals surface area contributed by atoms with Gasteiger partial charge in [-0.2, -0.15) is 0 Å². The number of likely N-dealkylation sites (N-methyl/N-ethyl adjacent to an activating group) is 1. The van der Waals surface area contributed by atoms with Crippen molar-refractivity contribution in [1.29, 1.82) is 0 Å². The number of carbonyl (C=O) groups is 1. The number of benzene rings is 1. The number of halogens is 1. The molecule has 1 unspecified atom stereocenters. The summed E-state index contributed by atoms with van der Waals surface area (Å²) in [6.07, 6.45) is 0.514. The highest BCUT2D eigenvalue weighted by Gasteiger charge is 2.25. The number of carbonyl (C=O) groups excluding carboxylic acids is 1. The average molecular weight is 412 g/mol. The van der Waals surface area contributed by atoms with Crippen molar-refractivity contribution in [2.45, 2.75) is 19.4 Å². The summed E-state index contributed by atoms with van der Waals surface area (Å²) in [5, 5.41) is 5.75. The predicted molar refractivity (Wildman–Crippen MR) is 96.1 cm³/mol. The molecular weight excluding hydrogens is 395 g/mol. The van der Waals surface area contributed by atoms with Crippen LogP contribution in [0, 0.1) is 2.88 Å². The highest BCUT2D eigenvalue weighted by atomic mass is 127. The summed E-state index contributed by atoms with van der Waals surface area (Å²) in [5.41, 5.74) is 4.70. The minimum Gasteiger partial charge on any atom is -0.315 e. The van der Waals surface area contributed by atoms with Crippen LogP contribution in [0.4, 0.5) is 5.69 Å². The zero-order valence-electron chi connectivity index (χ0n) is 12.0. The fourth-order valence-corrected chi connectivity index (χ4v) is 4.17. The van der Waals surface area contributed by atoms with Crippen molar-refractivity contribution < 1.29 is 4.79 Å². The standard InChI is InChI=1S/C16H17IN2OS/c1-3-18-16(12-7-14(17)21-9-12)10-4-5-13-11(6-10)8-15(20)19(13)2/h4-7,9,16,18H,3,8H2,1-2H3. The van der Waals surface area contributed by atoms with Gasteiger partial charge in [0.2, 0.25) is 5.91 Å². The van der Waals surface area contributed by atoms with Crippen LogP contribution in [0.1, 0.15) is 29.7 Å². The van der Waals surface area contributed by atoms with E-state index in [1.165, 1.54) is 14.0 Å². The molecule has 0 fully saturated rings. The van der Waals surface area contributed by atoms with Crippen molar-refractivity contribution in [1.82, 2.24) is 5.32 Å². The van der Waals surface area contributed by atoms with Gasteiger partial charge in [0.1, 0.15) is 0 Å². The van der Waals surface area contributed by atoms with Gasteiger partial charge < -0.3 is 10.2 Å². The highest BCUT2D eigenvalue weighted by molar-refractivity contribution is 14.1. The van der Waals surface area contributed by atoms with Crippen molar-refractivity contribution >= 4 is 45.5 Å². The molecule has 1 amide bonds. The van der Waals surface area contributed by atoms with Crippen LogP contribution in [-0.2, 0) is 11.2 Å². The molecule has 0 saturated heterocycles. The minimum absolute atomic E-state index is 0.173. The third-order valence-corrected chi connectivity index (χ3v) is 5.65. The minimum atomic E-state index is 0.173. The molecule has 1 aromatic carbocycles. The molecule has 21 heavy (non-hydrogen) atoms. The number of amides is 1. The van der Waals surface area contributed by atoms with E-state index in [0.717, 1.165) is 17.8 Å². The topological polar surface area (TPSA) is 32.3 Å². The lowest BCUT2D eigenvalue weighted by atomic mass is 9.98. The normalized spacial score (nSPS) is 15.4. The van der Waals surface area contributed by atoms with E-state index in [0.29, 0.717) is 6.42 Å². The van der Waals surface area contributed by atoms with Crippen LogP contribution in [0.3, 0.4) is 0 Å². The summed E-state index contributed by atoms with van der Waals surface area (Å²) in [6.45, 7) is 3.03. The molecule has 1 N–H and O–H groups in total. The van der Waals surface area contributed by atoms with E-state index in [-0.39, 0.29) is 11.9 Å². The zero-order valence-corrected chi connectivity index (χ0v) is 15.0. The summed E-state index contributed by atoms with van der Waals surface area (Å²) in [4.78, 5) is 13.6. The Balaban J connectivity index is 1.98. The van der Waals surface area contributed by atoms with Gasteiger partial charge in [-0.25, -0.2) is 0 Å². The molecule has 1 aromatic heterocycles. The molecule has 2 heterocycles. The second-order valence-electron chi connectivity index (χ2n) is 5.19. The molecule has 0 spiro atoms. The molecule has 1 atom stereocenters. The highest BCUT2D eigenvalue weighted by Crippen LogP contribution is 2.33. The first-order valence-corrected chi connectivity index (χ1v) is 8.92. The van der Waals surface area contributed by atoms with Crippen molar-refractivity contribution in [2.75, 3.05) is 18.5 Å². The van der Waals surface area contributed by atoms with Crippen LogP contribution in [0.2, 0.25) is 0 Å². The van der Waals surface area contributed by atoms with E-state index in [2.05, 4.69) is 64.5 Å². The van der Waals surface area contributed by atoms with Crippen LogP contribution in [0.25, 0.3) is 0 Å². The first-order chi connectivity index (χ1) is 10.1. The number of thiophene rings is 1. The first-order valence-electron chi connectivity index (χ1n) is 6.97. The summed E-state index contributed by atoms with van der Waals surface area (Å²) in [5.74, 6) is 0.173. The van der Waals surface area contributed by atoms with Gasteiger partial charge in [0.05, 0.1) is 15.3 Å². The molecule has 2 aromatic rings. The van der Waals surface area contributed by atoms with Crippen LogP contribution in [0.15, 0.2) is 29.6 Å². The molecule has 0 radical (unpaired) electrons. The molecule has 0 bridgehead atoms. The molecule has 3 nitrogen and oxygen atoms in total. The quantitative estimate of drug-likeness (QED) is 0.779. The van der Waals surface area contributed by atoms with Crippen molar-refractivity contribution in [2.24, 2.45) is 0 Å². The number of fused-ring (bicyclic) bond motifs is 1. The lowest BCUT2D eigenvalue weighted by molar-refractivity contribution is -0.117. The average Bonchev–Trinajstić information content (AvgIpc) is 3.01. The molecule has 5 heteroatoms. The molecular formula is C16H17IN2OS. The lowest BCUT2D eigenvalue weighted by Gasteiger charge is -2.19. The lowest BCUT2D eigenvalue weighted by Crippen LogP contribution is -2.21. The number of rotatable bonds is 4. The van der Waals surface area contributed by atoms with E-state index in [1.54, 1.807) is 16.2 Å². The van der Waals surface area contributed by atoms with E-state index in [1.807, 2.05) is 7.05 Å². The number of anilines is 1. The van der Waals surface area contributed by atoms with E-state index in [9.17, 15) is 4.79 Å². The van der Waals surface area contributed by atoms with Gasteiger partial charge in [0, 0.05) is 12.7 Å². The van der Waals surface area contributed by atoms with Gasteiger partial charge in [-0.15, -0.1) is 11.3 Å². The molecule has 110 valence electrons. The Bertz CT molecular complexity index is 683. The smallest absolute Gasteiger partial charge is 0.231 e. The van der Waals surface area contributed by atoms with Gasteiger partial charge in [0.25, 0.3) is 0 Å². The van der Waals surface area contributed by atoms with Crippen LogP contribution in [0.5, 0.6) is 0 Å². The first kappa shape index (κ1) is 15.0. The maximum absolute atomic E-state index is 11.8. The van der Waals surface area contributed by atoms with Crippen molar-refractivity contribution in [3.05, 3.63) is 49.2 Å². The fourth-order valence-electron chi connectivity index (χ4n) is 2.78. The summed E-state index contributed by atoms with van der Waals surface area (Å²) in [6, 6.07) is 8.79. The number of hydrogen-bond donors (Lipinski definition) is 1. The third kappa shape index (κ3) is 2.86. The van der Waals surface area contributed by atoms with Gasteiger partial charge in [-0.3, -0.25) is 4.79 Å². The Kier molecular flexibility index (Phi) is 4.33. The van der Waals surface area contributed by atoms with Crippen LogP contribution in [-0.4, -0.2) is 19.5 Å². The Labute approximate surface area is 142 Å². The second-order valence-corrected chi connectivity index (χ2v) is 8.00. The van der Waals surface area contributed by atoms with E-state index >= 15 is 0 Å². The monoisotopic (exact) mass is 412 g/mol. The van der Waals surface area contributed by atoms with Crippen molar-refractivity contribution in [3.63, 3.8) is 0 Å².